The number of esters is 2. The topological polar surface area (TPSA) is 111 Å². The third-order valence-corrected chi connectivity index (χ3v) is 13.9. The Morgan fingerprint density at radius 1 is 0.373 bits per heavy atom. The van der Waals surface area contributed by atoms with E-state index in [0.717, 1.165) is 103 Å². The van der Waals surface area contributed by atoms with Gasteiger partial charge in [0.1, 0.15) is 13.2 Å². The number of carbonyl (C=O) groups is 3. The van der Waals surface area contributed by atoms with Gasteiger partial charge in [0.15, 0.2) is 12.4 Å². The van der Waals surface area contributed by atoms with Crippen molar-refractivity contribution in [2.24, 2.45) is 0 Å². The summed E-state index contributed by atoms with van der Waals surface area (Å²) < 4.78 is 22.7. The number of allylic oxidation sites excluding steroid dienone is 22. The third-order valence-electron chi connectivity index (χ3n) is 13.9. The predicted molar refractivity (Wildman–Crippen MR) is 352 cm³/mol. The van der Waals surface area contributed by atoms with Gasteiger partial charge in [-0.05, 0) is 116 Å². The molecule has 0 heterocycles. The summed E-state index contributed by atoms with van der Waals surface area (Å²) in [6.07, 6.45) is 88.0. The first-order valence-corrected chi connectivity index (χ1v) is 33.3. The minimum atomic E-state index is -1.64. The highest BCUT2D eigenvalue weighted by atomic mass is 16.7. The number of rotatable bonds is 60. The van der Waals surface area contributed by atoms with E-state index >= 15 is 0 Å². The van der Waals surface area contributed by atoms with Crippen molar-refractivity contribution in [3.05, 3.63) is 134 Å². The largest absolute Gasteiger partial charge is 0.545 e. The standard InChI is InChI=1S/C74H123NO8/c1-6-8-10-12-14-16-18-20-22-24-26-28-30-32-34-35-36-37-39-41-43-45-47-49-51-53-55-57-59-61-63-65-72(77)83-70(69-82-74(73(78)79)80-67-66-75(3,4)5)68-81-71(76)64-62-60-58-56-54-52-50-48-46-44-42-40-38-33-31-29-27-25-23-21-19-17-15-13-11-9-7-2/h8,10,14,16,19-22,25-28,32,34,36-37,41,43,47,49,53,55,70,74H,6-7,9,11-13,15,17-18,23-24,29-31,33,35,38-40,42,44-46,48,50-52,54,56-69H2,1-5H3/b10-8-,16-14-,21-19-,22-20-,27-25-,28-26-,34-32-,37-36-,43-41-,49-47-,55-53-. The zero-order chi connectivity index (χ0) is 60.5. The number of unbranched alkanes of at least 4 members (excludes halogenated alkanes) is 23. The molecule has 2 unspecified atom stereocenters. The van der Waals surface area contributed by atoms with Crippen LogP contribution in [0.25, 0.3) is 0 Å². The molecule has 472 valence electrons. The Balaban J connectivity index is 4.27. The molecular formula is C74H123NO8. The zero-order valence-electron chi connectivity index (χ0n) is 53.8. The second-order valence-corrected chi connectivity index (χ2v) is 23.0. The highest BCUT2D eigenvalue weighted by Crippen LogP contribution is 2.16. The quantitative estimate of drug-likeness (QED) is 0.0195. The minimum Gasteiger partial charge on any atom is -0.545 e. The van der Waals surface area contributed by atoms with Gasteiger partial charge in [0.05, 0.1) is 40.3 Å². The average molecular weight is 1150 g/mol. The number of carboxylic acid groups (broad SMARTS) is 1. The van der Waals surface area contributed by atoms with Gasteiger partial charge in [-0.3, -0.25) is 9.59 Å². The number of nitrogens with zero attached hydrogens (tertiary/aromatic N) is 1. The number of aliphatic carboxylic acids is 1. The maximum Gasteiger partial charge on any atom is 0.306 e. The number of ether oxygens (including phenoxy) is 4. The Morgan fingerprint density at radius 3 is 1.04 bits per heavy atom. The van der Waals surface area contributed by atoms with E-state index in [4.69, 9.17) is 18.9 Å². The Labute approximate surface area is 509 Å². The van der Waals surface area contributed by atoms with E-state index in [-0.39, 0.29) is 38.6 Å². The fourth-order valence-electron chi connectivity index (χ4n) is 8.79. The molecule has 0 aromatic rings. The van der Waals surface area contributed by atoms with Crippen LogP contribution < -0.4 is 5.11 Å². The lowest BCUT2D eigenvalue weighted by atomic mass is 10.0. The predicted octanol–water partition coefficient (Wildman–Crippen LogP) is 19.2. The van der Waals surface area contributed by atoms with Crippen molar-refractivity contribution in [2.45, 2.75) is 270 Å². The molecule has 9 nitrogen and oxygen atoms in total. The van der Waals surface area contributed by atoms with Crippen LogP contribution in [0.15, 0.2) is 134 Å². The van der Waals surface area contributed by atoms with Crippen molar-refractivity contribution in [1.29, 1.82) is 0 Å². The van der Waals surface area contributed by atoms with Crippen molar-refractivity contribution in [3.63, 3.8) is 0 Å². The van der Waals surface area contributed by atoms with E-state index in [1.54, 1.807) is 0 Å². The van der Waals surface area contributed by atoms with Crippen LogP contribution in [0.4, 0.5) is 0 Å². The highest BCUT2D eigenvalue weighted by molar-refractivity contribution is 5.70. The van der Waals surface area contributed by atoms with Gasteiger partial charge in [-0.15, -0.1) is 0 Å². The summed E-state index contributed by atoms with van der Waals surface area (Å²) in [4.78, 5) is 37.4. The van der Waals surface area contributed by atoms with E-state index in [0.29, 0.717) is 17.4 Å². The van der Waals surface area contributed by atoms with Crippen molar-refractivity contribution in [3.8, 4) is 0 Å². The summed E-state index contributed by atoms with van der Waals surface area (Å²) in [5.41, 5.74) is 0. The Hall–Kier alpha value is -4.57. The molecule has 0 aromatic carbocycles. The minimum absolute atomic E-state index is 0.134. The highest BCUT2D eigenvalue weighted by Gasteiger charge is 2.22. The van der Waals surface area contributed by atoms with Gasteiger partial charge < -0.3 is 33.3 Å². The molecule has 0 radical (unpaired) electrons. The number of carbonyl (C=O) groups excluding carboxylic acids is 3. The van der Waals surface area contributed by atoms with E-state index in [2.05, 4.69) is 148 Å². The molecule has 0 bridgehead atoms. The van der Waals surface area contributed by atoms with Crippen LogP contribution >= 0.6 is 0 Å². The molecule has 0 aromatic heterocycles. The van der Waals surface area contributed by atoms with Crippen LogP contribution in [0.5, 0.6) is 0 Å². The van der Waals surface area contributed by atoms with E-state index < -0.39 is 24.3 Å². The average Bonchev–Trinajstić information content (AvgIpc) is 3.46. The summed E-state index contributed by atoms with van der Waals surface area (Å²) in [6, 6.07) is 0. The van der Waals surface area contributed by atoms with Crippen LogP contribution in [0, 0.1) is 0 Å². The van der Waals surface area contributed by atoms with Crippen molar-refractivity contribution in [2.75, 3.05) is 47.5 Å². The number of carboxylic acids is 1. The molecule has 0 saturated heterocycles. The lowest BCUT2D eigenvalue weighted by molar-refractivity contribution is -0.870. The zero-order valence-corrected chi connectivity index (χ0v) is 53.8. The van der Waals surface area contributed by atoms with Crippen LogP contribution in [0.2, 0.25) is 0 Å². The Morgan fingerprint density at radius 2 is 0.687 bits per heavy atom. The molecule has 0 saturated carbocycles. The molecule has 0 fully saturated rings. The van der Waals surface area contributed by atoms with Gasteiger partial charge in [0.25, 0.3) is 0 Å². The molecule has 9 heteroatoms. The first-order valence-electron chi connectivity index (χ1n) is 33.3. The monoisotopic (exact) mass is 1150 g/mol. The molecule has 0 N–H and O–H groups in total. The molecule has 2 atom stereocenters. The second-order valence-electron chi connectivity index (χ2n) is 23.0. The van der Waals surface area contributed by atoms with E-state index in [1.165, 1.54) is 122 Å². The fourth-order valence-corrected chi connectivity index (χ4v) is 8.79. The van der Waals surface area contributed by atoms with Crippen LogP contribution in [-0.4, -0.2) is 82.3 Å². The lowest BCUT2D eigenvalue weighted by Gasteiger charge is -2.26. The van der Waals surface area contributed by atoms with Crippen molar-refractivity contribution in [1.82, 2.24) is 0 Å². The smallest absolute Gasteiger partial charge is 0.306 e. The summed E-state index contributed by atoms with van der Waals surface area (Å²) >= 11 is 0. The molecule has 0 spiro atoms. The summed E-state index contributed by atoms with van der Waals surface area (Å²) in [7, 11) is 5.91. The number of quaternary nitrogens is 1. The first-order chi connectivity index (χ1) is 40.6. The van der Waals surface area contributed by atoms with Gasteiger partial charge in [0, 0.05) is 12.8 Å². The Bertz CT molecular complexity index is 1820. The van der Waals surface area contributed by atoms with Crippen LogP contribution in [0.1, 0.15) is 258 Å². The van der Waals surface area contributed by atoms with Crippen LogP contribution in [-0.2, 0) is 33.3 Å². The molecule has 0 rings (SSSR count). The maximum absolute atomic E-state index is 12.9. The van der Waals surface area contributed by atoms with Crippen LogP contribution in [0.3, 0.4) is 0 Å². The maximum atomic E-state index is 12.9. The van der Waals surface area contributed by atoms with Gasteiger partial charge >= 0.3 is 11.9 Å². The van der Waals surface area contributed by atoms with E-state index in [9.17, 15) is 19.5 Å². The van der Waals surface area contributed by atoms with Crippen molar-refractivity contribution >= 4 is 17.9 Å². The molecule has 0 aliphatic rings. The number of hydrogen-bond acceptors (Lipinski definition) is 8. The Kier molecular flexibility index (Phi) is 60.0. The SMILES string of the molecule is CC/C=C\C/C=C\C/C=C\C/C=C\C/C=C\C/C=C\C/C=C\C/C=C\C/C=C\CCCCCC(=O)OC(COC(=O)CCCCCCCCCCCCCCCCC/C=C\C/C=C\CCCCCCC)COC(OCC[N+](C)(C)C)C(=O)[O-]. The van der Waals surface area contributed by atoms with Gasteiger partial charge in [-0.1, -0.05) is 263 Å². The first kappa shape index (κ1) is 78.4. The number of hydrogen-bond donors (Lipinski definition) is 0. The molecule has 0 amide bonds. The van der Waals surface area contributed by atoms with Gasteiger partial charge in [-0.2, -0.15) is 0 Å². The molecule has 83 heavy (non-hydrogen) atoms. The van der Waals surface area contributed by atoms with E-state index in [1.807, 2.05) is 21.1 Å². The van der Waals surface area contributed by atoms with Crippen molar-refractivity contribution < 1.29 is 42.9 Å². The molecule has 0 aliphatic carbocycles. The summed E-state index contributed by atoms with van der Waals surface area (Å²) in [5.74, 6) is -2.34. The second kappa shape index (κ2) is 63.5. The molecular weight excluding hydrogens is 1030 g/mol. The van der Waals surface area contributed by atoms with Gasteiger partial charge in [-0.25, -0.2) is 0 Å². The lowest BCUT2D eigenvalue weighted by Crippen LogP contribution is -2.44. The summed E-state index contributed by atoms with van der Waals surface area (Å²) in [6.45, 7) is 4.58. The molecule has 0 aliphatic heterocycles. The third kappa shape index (κ3) is 64.8. The van der Waals surface area contributed by atoms with Gasteiger partial charge in [0.2, 0.25) is 0 Å². The summed E-state index contributed by atoms with van der Waals surface area (Å²) in [5, 5.41) is 11.8. The number of likely N-dealkylation sites (N-methyl/N-ethyl adjacent to an activating group) is 1. The normalized spacial score (nSPS) is 13.6. The fraction of sp³-hybridized carbons (Fsp3) is 0.662.